The Morgan fingerprint density at radius 3 is 2.89 bits per heavy atom. The standard InChI is InChI=1S/C19H18ClN5O3/c1-10-7-13(17(26)21-2)15-16(24-28-18(15)23-10)12-5-6-25(9-12)19(27)11-3-4-14(20)22-8-11/h3-4,7-8,12H,5-6,9H2,1-2H3,(H,21,26). The molecule has 1 unspecified atom stereocenters. The third kappa shape index (κ3) is 3.20. The third-order valence-electron chi connectivity index (χ3n) is 4.91. The predicted molar refractivity (Wildman–Crippen MR) is 102 cm³/mol. The van der Waals surface area contributed by atoms with Crippen LogP contribution in [0, 0.1) is 6.92 Å². The highest BCUT2D eigenvalue weighted by Crippen LogP contribution is 2.34. The molecular formula is C19H18ClN5O3. The first kappa shape index (κ1) is 18.4. The molecule has 0 bridgehead atoms. The normalized spacial score (nSPS) is 16.5. The number of rotatable bonds is 3. The zero-order chi connectivity index (χ0) is 19.8. The van der Waals surface area contributed by atoms with Gasteiger partial charge in [0.15, 0.2) is 0 Å². The summed E-state index contributed by atoms with van der Waals surface area (Å²) in [4.78, 5) is 35.1. The van der Waals surface area contributed by atoms with E-state index in [0.29, 0.717) is 51.9 Å². The molecule has 0 spiro atoms. The van der Waals surface area contributed by atoms with E-state index in [9.17, 15) is 9.59 Å². The zero-order valence-corrected chi connectivity index (χ0v) is 16.2. The van der Waals surface area contributed by atoms with Gasteiger partial charge >= 0.3 is 0 Å². The summed E-state index contributed by atoms with van der Waals surface area (Å²) in [6, 6.07) is 4.98. The minimum Gasteiger partial charge on any atom is -0.355 e. The molecular weight excluding hydrogens is 382 g/mol. The molecule has 4 rings (SSSR count). The molecule has 1 saturated heterocycles. The summed E-state index contributed by atoms with van der Waals surface area (Å²) in [7, 11) is 1.58. The maximum absolute atomic E-state index is 12.7. The van der Waals surface area contributed by atoms with E-state index in [1.54, 1.807) is 37.1 Å². The van der Waals surface area contributed by atoms with Gasteiger partial charge in [-0.05, 0) is 31.5 Å². The summed E-state index contributed by atoms with van der Waals surface area (Å²) in [6.45, 7) is 2.85. The van der Waals surface area contributed by atoms with Crippen LogP contribution in [0.15, 0.2) is 28.9 Å². The summed E-state index contributed by atoms with van der Waals surface area (Å²) in [5.74, 6) is -0.378. The number of pyridine rings is 2. The molecule has 3 aromatic rings. The molecule has 3 aromatic heterocycles. The molecule has 0 radical (unpaired) electrons. The first-order valence-electron chi connectivity index (χ1n) is 8.87. The molecule has 1 aliphatic rings. The topological polar surface area (TPSA) is 101 Å². The Morgan fingerprint density at radius 2 is 2.18 bits per heavy atom. The van der Waals surface area contributed by atoms with Crippen molar-refractivity contribution in [2.24, 2.45) is 0 Å². The number of aryl methyl sites for hydroxylation is 1. The molecule has 4 heterocycles. The van der Waals surface area contributed by atoms with Crippen molar-refractivity contribution in [1.29, 1.82) is 0 Å². The fraction of sp³-hybridized carbons (Fsp3) is 0.316. The van der Waals surface area contributed by atoms with E-state index in [4.69, 9.17) is 16.1 Å². The molecule has 1 atom stereocenters. The average Bonchev–Trinajstić information content (AvgIpc) is 3.33. The minimum absolute atomic E-state index is 0.0432. The Labute approximate surface area is 165 Å². The molecule has 0 saturated carbocycles. The van der Waals surface area contributed by atoms with Gasteiger partial charge in [0.25, 0.3) is 17.5 Å². The lowest BCUT2D eigenvalue weighted by atomic mass is 9.99. The average molecular weight is 400 g/mol. The highest BCUT2D eigenvalue weighted by molar-refractivity contribution is 6.29. The second kappa shape index (κ2) is 7.20. The van der Waals surface area contributed by atoms with Crippen molar-refractivity contribution in [2.75, 3.05) is 20.1 Å². The maximum Gasteiger partial charge on any atom is 0.259 e. The van der Waals surface area contributed by atoms with Crippen LogP contribution in [0.3, 0.4) is 0 Å². The van der Waals surface area contributed by atoms with Crippen LogP contribution in [0.1, 0.15) is 44.4 Å². The van der Waals surface area contributed by atoms with E-state index in [-0.39, 0.29) is 17.7 Å². The monoisotopic (exact) mass is 399 g/mol. The van der Waals surface area contributed by atoms with Crippen LogP contribution >= 0.6 is 11.6 Å². The van der Waals surface area contributed by atoms with Gasteiger partial charge in [-0.3, -0.25) is 9.59 Å². The number of hydrogen-bond acceptors (Lipinski definition) is 6. The summed E-state index contributed by atoms with van der Waals surface area (Å²) >= 11 is 5.79. The Morgan fingerprint density at radius 1 is 1.36 bits per heavy atom. The van der Waals surface area contributed by atoms with Gasteiger partial charge in [0.2, 0.25) is 0 Å². The number of aromatic nitrogens is 3. The van der Waals surface area contributed by atoms with Gasteiger partial charge in [-0.25, -0.2) is 9.97 Å². The Kier molecular flexibility index (Phi) is 4.72. The fourth-order valence-electron chi connectivity index (χ4n) is 3.54. The molecule has 1 fully saturated rings. The van der Waals surface area contributed by atoms with Gasteiger partial charge < -0.3 is 14.7 Å². The van der Waals surface area contributed by atoms with Crippen LogP contribution in [-0.2, 0) is 0 Å². The Hall–Kier alpha value is -3.00. The van der Waals surface area contributed by atoms with Gasteiger partial charge in [0.1, 0.15) is 5.15 Å². The summed E-state index contributed by atoms with van der Waals surface area (Å²) < 4.78 is 5.40. The van der Waals surface area contributed by atoms with Crippen LogP contribution < -0.4 is 5.32 Å². The first-order chi connectivity index (χ1) is 13.5. The molecule has 1 N–H and O–H groups in total. The number of amides is 2. The number of hydrogen-bond donors (Lipinski definition) is 1. The second-order valence-electron chi connectivity index (χ2n) is 6.74. The summed E-state index contributed by atoms with van der Waals surface area (Å²) in [6.07, 6.45) is 2.19. The number of nitrogens with one attached hydrogen (secondary N) is 1. The van der Waals surface area contributed by atoms with Crippen molar-refractivity contribution in [2.45, 2.75) is 19.3 Å². The van der Waals surface area contributed by atoms with E-state index < -0.39 is 0 Å². The van der Waals surface area contributed by atoms with Crippen LogP contribution in [0.5, 0.6) is 0 Å². The van der Waals surface area contributed by atoms with Crippen molar-refractivity contribution < 1.29 is 14.1 Å². The van der Waals surface area contributed by atoms with Gasteiger partial charge in [0, 0.05) is 37.9 Å². The molecule has 0 aromatic carbocycles. The quantitative estimate of drug-likeness (QED) is 0.679. The lowest BCUT2D eigenvalue weighted by molar-refractivity contribution is 0.0789. The number of carbonyl (C=O) groups is 2. The lowest BCUT2D eigenvalue weighted by Gasteiger charge is -2.16. The number of carbonyl (C=O) groups excluding carboxylic acids is 2. The lowest BCUT2D eigenvalue weighted by Crippen LogP contribution is -2.28. The van der Waals surface area contributed by atoms with Crippen molar-refractivity contribution in [1.82, 2.24) is 25.3 Å². The fourth-order valence-corrected chi connectivity index (χ4v) is 3.65. The largest absolute Gasteiger partial charge is 0.355 e. The maximum atomic E-state index is 12.7. The smallest absolute Gasteiger partial charge is 0.259 e. The third-order valence-corrected chi connectivity index (χ3v) is 5.13. The number of halogens is 1. The van der Waals surface area contributed by atoms with Gasteiger partial charge in [-0.15, -0.1) is 0 Å². The molecule has 9 heteroatoms. The molecule has 28 heavy (non-hydrogen) atoms. The van der Waals surface area contributed by atoms with Crippen molar-refractivity contribution in [3.8, 4) is 0 Å². The SMILES string of the molecule is CNC(=O)c1cc(C)nc2onc(C3CCN(C(=O)c4ccc(Cl)nc4)C3)c12. The van der Waals surface area contributed by atoms with E-state index in [1.807, 2.05) is 0 Å². The van der Waals surface area contributed by atoms with Crippen LogP contribution in [-0.4, -0.2) is 52.0 Å². The van der Waals surface area contributed by atoms with Gasteiger partial charge in [0.05, 0.1) is 22.2 Å². The predicted octanol–water partition coefficient (Wildman–Crippen LogP) is 2.57. The highest BCUT2D eigenvalue weighted by Gasteiger charge is 2.33. The zero-order valence-electron chi connectivity index (χ0n) is 15.4. The number of nitrogens with zero attached hydrogens (tertiary/aromatic N) is 4. The van der Waals surface area contributed by atoms with Crippen molar-refractivity contribution >= 4 is 34.5 Å². The summed E-state index contributed by atoms with van der Waals surface area (Å²) in [5, 5.41) is 7.78. The van der Waals surface area contributed by atoms with E-state index in [2.05, 4.69) is 20.4 Å². The second-order valence-corrected chi connectivity index (χ2v) is 7.13. The minimum atomic E-state index is -0.224. The Bertz CT molecular complexity index is 1060. The molecule has 2 amide bonds. The Balaban J connectivity index is 1.64. The molecule has 0 aliphatic carbocycles. The van der Waals surface area contributed by atoms with Crippen LogP contribution in [0.25, 0.3) is 11.1 Å². The van der Waals surface area contributed by atoms with Gasteiger partial charge in [-0.1, -0.05) is 16.8 Å². The van der Waals surface area contributed by atoms with E-state index >= 15 is 0 Å². The summed E-state index contributed by atoms with van der Waals surface area (Å²) in [5.41, 5.74) is 2.63. The number of fused-ring (bicyclic) bond motifs is 1. The van der Waals surface area contributed by atoms with Crippen LogP contribution in [0.4, 0.5) is 0 Å². The molecule has 8 nitrogen and oxygen atoms in total. The first-order valence-corrected chi connectivity index (χ1v) is 9.25. The van der Waals surface area contributed by atoms with Crippen molar-refractivity contribution in [3.05, 3.63) is 52.1 Å². The van der Waals surface area contributed by atoms with Crippen LogP contribution in [0.2, 0.25) is 5.15 Å². The molecule has 144 valence electrons. The highest BCUT2D eigenvalue weighted by atomic mass is 35.5. The molecule has 1 aliphatic heterocycles. The van der Waals surface area contributed by atoms with Gasteiger partial charge in [-0.2, -0.15) is 0 Å². The van der Waals surface area contributed by atoms with E-state index in [0.717, 1.165) is 6.42 Å². The number of likely N-dealkylation sites (tertiary alicyclic amines) is 1. The van der Waals surface area contributed by atoms with Crippen molar-refractivity contribution in [3.63, 3.8) is 0 Å². The van der Waals surface area contributed by atoms with E-state index in [1.165, 1.54) is 6.20 Å².